The maximum atomic E-state index is 6.10. The number of unbranched alkanes of at least 4 members (excludes halogenated alkanes) is 7. The Morgan fingerprint density at radius 3 is 1.56 bits per heavy atom. The second kappa shape index (κ2) is 12.7. The van der Waals surface area contributed by atoms with Gasteiger partial charge >= 0.3 is 0 Å². The number of nitrogen functional groups attached to an aromatic ring is 2. The van der Waals surface area contributed by atoms with Crippen molar-refractivity contribution in [2.45, 2.75) is 64.7 Å². The number of anilines is 2. The lowest BCUT2D eigenvalue weighted by Crippen LogP contribution is -1.94. The highest BCUT2D eigenvalue weighted by Gasteiger charge is 2.07. The molecule has 0 aliphatic carbocycles. The van der Waals surface area contributed by atoms with Gasteiger partial charge in [0.25, 0.3) is 0 Å². The van der Waals surface area contributed by atoms with Gasteiger partial charge in [-0.15, -0.1) is 0 Å². The number of ether oxygens (including phenoxy) is 2. The van der Waals surface area contributed by atoms with Gasteiger partial charge in [-0.3, -0.25) is 0 Å². The zero-order valence-corrected chi connectivity index (χ0v) is 19.2. The summed E-state index contributed by atoms with van der Waals surface area (Å²) in [6.45, 7) is 2.26. The van der Waals surface area contributed by atoms with Crippen molar-refractivity contribution in [1.82, 2.24) is 0 Å². The van der Waals surface area contributed by atoms with E-state index in [1.54, 1.807) is 0 Å². The Morgan fingerprint density at radius 2 is 1.06 bits per heavy atom. The van der Waals surface area contributed by atoms with E-state index in [0.29, 0.717) is 22.9 Å². The molecule has 0 fully saturated rings. The monoisotopic (exact) mass is 432 g/mol. The first-order valence-electron chi connectivity index (χ1n) is 11.8. The van der Waals surface area contributed by atoms with E-state index in [4.69, 9.17) is 20.9 Å². The summed E-state index contributed by atoms with van der Waals surface area (Å²) in [5.74, 6) is 2.91. The van der Waals surface area contributed by atoms with Crippen molar-refractivity contribution in [1.29, 1.82) is 0 Å². The molecular weight excluding hydrogens is 396 g/mol. The van der Waals surface area contributed by atoms with Crippen LogP contribution in [-0.4, -0.2) is 0 Å². The van der Waals surface area contributed by atoms with E-state index in [0.717, 1.165) is 24.3 Å². The van der Waals surface area contributed by atoms with Gasteiger partial charge in [0, 0.05) is 29.6 Å². The molecule has 0 aromatic heterocycles. The van der Waals surface area contributed by atoms with E-state index in [9.17, 15) is 0 Å². The summed E-state index contributed by atoms with van der Waals surface area (Å²) in [6.07, 6.45) is 11.4. The van der Waals surface area contributed by atoms with Crippen molar-refractivity contribution in [3.05, 3.63) is 72.3 Å². The van der Waals surface area contributed by atoms with Crippen molar-refractivity contribution in [2.75, 3.05) is 11.5 Å². The molecule has 4 heteroatoms. The highest BCUT2D eigenvalue weighted by Crippen LogP contribution is 2.32. The molecule has 0 spiro atoms. The highest BCUT2D eigenvalue weighted by atomic mass is 16.5. The normalized spacial score (nSPS) is 10.8. The Morgan fingerprint density at radius 1 is 0.562 bits per heavy atom. The molecule has 32 heavy (non-hydrogen) atoms. The van der Waals surface area contributed by atoms with Crippen molar-refractivity contribution in [3.63, 3.8) is 0 Å². The van der Waals surface area contributed by atoms with Crippen molar-refractivity contribution < 1.29 is 9.47 Å². The predicted molar refractivity (Wildman–Crippen MR) is 135 cm³/mol. The van der Waals surface area contributed by atoms with Crippen LogP contribution in [-0.2, 0) is 6.42 Å². The second-order valence-corrected chi connectivity index (χ2v) is 8.39. The number of aryl methyl sites for hydroxylation is 1. The molecule has 0 amide bonds. The molecule has 0 unspecified atom stereocenters. The molecule has 3 aromatic rings. The number of hydrogen-bond donors (Lipinski definition) is 2. The van der Waals surface area contributed by atoms with Crippen LogP contribution in [0.25, 0.3) is 0 Å². The van der Waals surface area contributed by atoms with Gasteiger partial charge in [0.2, 0.25) is 0 Å². The standard InChI is InChI=1S/C28H36N2O2/c1-2-3-4-5-6-7-8-9-12-22-17-27(31-25-15-10-13-23(29)19-25)21-28(18-22)32-26-16-11-14-24(30)20-26/h10-11,13-21H,2-9,12,29-30H2,1H3. The third kappa shape index (κ3) is 8.18. The van der Waals surface area contributed by atoms with Gasteiger partial charge in [0.05, 0.1) is 0 Å². The summed E-state index contributed by atoms with van der Waals surface area (Å²) >= 11 is 0. The minimum Gasteiger partial charge on any atom is -0.457 e. The molecule has 170 valence electrons. The lowest BCUT2D eigenvalue weighted by molar-refractivity contribution is 0.459. The molecule has 0 heterocycles. The Balaban J connectivity index is 1.65. The molecular formula is C28H36N2O2. The minimum absolute atomic E-state index is 0.675. The van der Waals surface area contributed by atoms with E-state index in [2.05, 4.69) is 19.1 Å². The predicted octanol–water partition coefficient (Wildman–Crippen LogP) is 8.12. The number of hydrogen-bond acceptors (Lipinski definition) is 4. The maximum Gasteiger partial charge on any atom is 0.131 e. The first kappa shape index (κ1) is 23.5. The third-order valence-corrected chi connectivity index (χ3v) is 5.45. The Kier molecular flexibility index (Phi) is 9.30. The smallest absolute Gasteiger partial charge is 0.131 e. The summed E-state index contributed by atoms with van der Waals surface area (Å²) in [5, 5.41) is 0. The molecule has 0 bridgehead atoms. The van der Waals surface area contributed by atoms with Gasteiger partial charge in [-0.25, -0.2) is 0 Å². The second-order valence-electron chi connectivity index (χ2n) is 8.39. The number of benzene rings is 3. The Labute approximate surface area is 192 Å². The quantitative estimate of drug-likeness (QED) is 0.211. The van der Waals surface area contributed by atoms with E-state index in [1.807, 2.05) is 54.6 Å². The Hall–Kier alpha value is -3.14. The van der Waals surface area contributed by atoms with Crippen LogP contribution >= 0.6 is 0 Å². The summed E-state index contributed by atoms with van der Waals surface area (Å²) < 4.78 is 12.2. The van der Waals surface area contributed by atoms with Crippen LogP contribution in [0.3, 0.4) is 0 Å². The zero-order chi connectivity index (χ0) is 22.6. The maximum absolute atomic E-state index is 6.10. The summed E-state index contributed by atoms with van der Waals surface area (Å²) in [5.41, 5.74) is 14.4. The van der Waals surface area contributed by atoms with Gasteiger partial charge in [0.15, 0.2) is 0 Å². The summed E-state index contributed by atoms with van der Waals surface area (Å²) in [7, 11) is 0. The van der Waals surface area contributed by atoms with Crippen LogP contribution in [0.15, 0.2) is 66.7 Å². The fourth-order valence-electron chi connectivity index (χ4n) is 3.78. The average Bonchev–Trinajstić information content (AvgIpc) is 2.75. The molecule has 0 saturated carbocycles. The minimum atomic E-state index is 0.675. The molecule has 0 atom stereocenters. The molecule has 0 aliphatic rings. The largest absolute Gasteiger partial charge is 0.457 e. The molecule has 4 N–H and O–H groups in total. The van der Waals surface area contributed by atoms with Crippen LogP contribution in [0.5, 0.6) is 23.0 Å². The Bertz CT molecular complexity index is 905. The van der Waals surface area contributed by atoms with Gasteiger partial charge in [-0.2, -0.15) is 0 Å². The highest BCUT2D eigenvalue weighted by molar-refractivity contribution is 5.49. The van der Waals surface area contributed by atoms with Crippen LogP contribution < -0.4 is 20.9 Å². The van der Waals surface area contributed by atoms with Crippen LogP contribution in [0, 0.1) is 0 Å². The van der Waals surface area contributed by atoms with Gasteiger partial charge < -0.3 is 20.9 Å². The first-order chi connectivity index (χ1) is 15.6. The number of nitrogens with two attached hydrogens (primary N) is 2. The topological polar surface area (TPSA) is 70.5 Å². The SMILES string of the molecule is CCCCCCCCCCc1cc(Oc2cccc(N)c2)cc(Oc2cccc(N)c2)c1. The van der Waals surface area contributed by atoms with Crippen molar-refractivity contribution >= 4 is 11.4 Å². The van der Waals surface area contributed by atoms with Crippen LogP contribution in [0.4, 0.5) is 11.4 Å². The van der Waals surface area contributed by atoms with E-state index >= 15 is 0 Å². The van der Waals surface area contributed by atoms with Crippen LogP contribution in [0.1, 0.15) is 63.9 Å². The van der Waals surface area contributed by atoms with Crippen LogP contribution in [0.2, 0.25) is 0 Å². The lowest BCUT2D eigenvalue weighted by atomic mass is 10.0. The average molecular weight is 433 g/mol. The first-order valence-corrected chi connectivity index (χ1v) is 11.8. The zero-order valence-electron chi connectivity index (χ0n) is 19.2. The van der Waals surface area contributed by atoms with Crippen molar-refractivity contribution in [2.24, 2.45) is 0 Å². The van der Waals surface area contributed by atoms with Gasteiger partial charge in [-0.05, 0) is 54.8 Å². The third-order valence-electron chi connectivity index (χ3n) is 5.45. The van der Waals surface area contributed by atoms with Gasteiger partial charge in [-0.1, -0.05) is 64.0 Å². The molecule has 4 nitrogen and oxygen atoms in total. The van der Waals surface area contributed by atoms with E-state index < -0.39 is 0 Å². The molecule has 3 aromatic carbocycles. The molecule has 0 radical (unpaired) electrons. The number of rotatable bonds is 13. The molecule has 0 aliphatic heterocycles. The van der Waals surface area contributed by atoms with Gasteiger partial charge in [0.1, 0.15) is 23.0 Å². The summed E-state index contributed by atoms with van der Waals surface area (Å²) in [6, 6.07) is 21.0. The lowest BCUT2D eigenvalue weighted by Gasteiger charge is -2.13. The van der Waals surface area contributed by atoms with Crippen molar-refractivity contribution in [3.8, 4) is 23.0 Å². The van der Waals surface area contributed by atoms with E-state index in [-0.39, 0.29) is 0 Å². The summed E-state index contributed by atoms with van der Waals surface area (Å²) in [4.78, 5) is 0. The van der Waals surface area contributed by atoms with E-state index in [1.165, 1.54) is 50.5 Å². The molecule has 3 rings (SSSR count). The molecule has 0 saturated heterocycles. The fourth-order valence-corrected chi connectivity index (χ4v) is 3.78. The fraction of sp³-hybridized carbons (Fsp3) is 0.357.